The van der Waals surface area contributed by atoms with Crippen molar-refractivity contribution < 1.29 is 0 Å². The molecule has 5 N–H and O–H groups in total. The molecule has 0 radical (unpaired) electrons. The first-order valence-corrected chi connectivity index (χ1v) is 4.78. The smallest absolute Gasteiger partial charge is 0.0941 e. The van der Waals surface area contributed by atoms with Crippen molar-refractivity contribution in [1.29, 1.82) is 0 Å². The molecule has 1 aromatic rings. The van der Waals surface area contributed by atoms with E-state index in [1.54, 1.807) is 0 Å². The maximum Gasteiger partial charge on any atom is 0.0941 e. The van der Waals surface area contributed by atoms with Gasteiger partial charge in [0, 0.05) is 0 Å². The van der Waals surface area contributed by atoms with E-state index in [0.29, 0.717) is 0 Å². The van der Waals surface area contributed by atoms with Gasteiger partial charge in [-0.2, -0.15) is 0 Å². The molecular weight excluding hydrogens is 174 g/mol. The number of rotatable bonds is 2. The SMILES string of the molecule is Cc1cc(C)c(C)c(C(N)NN)c1C. The van der Waals surface area contributed by atoms with Gasteiger partial charge in [0.2, 0.25) is 0 Å². The molecule has 0 aliphatic heterocycles. The summed E-state index contributed by atoms with van der Waals surface area (Å²) in [4.78, 5) is 0. The Morgan fingerprint density at radius 2 is 1.50 bits per heavy atom. The first kappa shape index (κ1) is 11.2. The lowest BCUT2D eigenvalue weighted by Crippen LogP contribution is -2.35. The van der Waals surface area contributed by atoms with Crippen LogP contribution in [0.3, 0.4) is 0 Å². The van der Waals surface area contributed by atoms with Crippen molar-refractivity contribution in [1.82, 2.24) is 5.43 Å². The van der Waals surface area contributed by atoms with E-state index in [-0.39, 0.29) is 6.17 Å². The van der Waals surface area contributed by atoms with Crippen molar-refractivity contribution in [3.63, 3.8) is 0 Å². The summed E-state index contributed by atoms with van der Waals surface area (Å²) in [7, 11) is 0. The van der Waals surface area contributed by atoms with Gasteiger partial charge in [0.05, 0.1) is 6.17 Å². The van der Waals surface area contributed by atoms with Crippen LogP contribution in [0.1, 0.15) is 34.0 Å². The van der Waals surface area contributed by atoms with Crippen molar-refractivity contribution >= 4 is 0 Å². The first-order valence-electron chi connectivity index (χ1n) is 4.78. The third-order valence-electron chi connectivity index (χ3n) is 2.91. The molecule has 0 saturated carbocycles. The summed E-state index contributed by atoms with van der Waals surface area (Å²) in [5, 5.41) is 0. The maximum absolute atomic E-state index is 5.90. The topological polar surface area (TPSA) is 64.1 Å². The Labute approximate surface area is 85.5 Å². The number of hydrazine groups is 1. The van der Waals surface area contributed by atoms with Crippen LogP contribution in [0.2, 0.25) is 0 Å². The van der Waals surface area contributed by atoms with Gasteiger partial charge in [-0.25, -0.2) is 5.43 Å². The fourth-order valence-electron chi connectivity index (χ4n) is 1.80. The minimum Gasteiger partial charge on any atom is -0.311 e. The number of hydrogen-bond donors (Lipinski definition) is 3. The number of nitrogens with one attached hydrogen (secondary N) is 1. The van der Waals surface area contributed by atoms with Gasteiger partial charge >= 0.3 is 0 Å². The van der Waals surface area contributed by atoms with Crippen molar-refractivity contribution in [2.75, 3.05) is 0 Å². The molecule has 0 heterocycles. The fourth-order valence-corrected chi connectivity index (χ4v) is 1.80. The van der Waals surface area contributed by atoms with Crippen LogP contribution in [0.4, 0.5) is 0 Å². The molecule has 1 atom stereocenters. The van der Waals surface area contributed by atoms with Crippen molar-refractivity contribution in [3.8, 4) is 0 Å². The van der Waals surface area contributed by atoms with Crippen LogP contribution in [0, 0.1) is 27.7 Å². The third-order valence-corrected chi connectivity index (χ3v) is 2.91. The van der Waals surface area contributed by atoms with E-state index in [1.165, 1.54) is 22.3 Å². The van der Waals surface area contributed by atoms with Crippen molar-refractivity contribution in [2.45, 2.75) is 33.9 Å². The Morgan fingerprint density at radius 1 is 1.07 bits per heavy atom. The molecule has 0 aliphatic rings. The van der Waals surface area contributed by atoms with Gasteiger partial charge in [-0.15, -0.1) is 0 Å². The molecule has 1 unspecified atom stereocenters. The van der Waals surface area contributed by atoms with Gasteiger partial charge in [-0.05, 0) is 55.5 Å². The highest BCUT2D eigenvalue weighted by Gasteiger charge is 2.13. The molecular formula is C11H19N3. The third kappa shape index (κ3) is 1.80. The minimum atomic E-state index is -0.284. The van der Waals surface area contributed by atoms with Gasteiger partial charge in [-0.1, -0.05) is 6.07 Å². The van der Waals surface area contributed by atoms with E-state index in [4.69, 9.17) is 11.6 Å². The summed E-state index contributed by atoms with van der Waals surface area (Å²) in [6, 6.07) is 2.18. The molecule has 0 aliphatic carbocycles. The normalized spacial score (nSPS) is 13.0. The second-order valence-electron chi connectivity index (χ2n) is 3.82. The monoisotopic (exact) mass is 193 g/mol. The van der Waals surface area contributed by atoms with Gasteiger partial charge in [0.25, 0.3) is 0 Å². The molecule has 0 spiro atoms. The molecule has 0 saturated heterocycles. The number of benzene rings is 1. The largest absolute Gasteiger partial charge is 0.311 e. The second kappa shape index (κ2) is 4.09. The number of aryl methyl sites for hydroxylation is 2. The Kier molecular flexibility index (Phi) is 3.26. The van der Waals surface area contributed by atoms with Crippen LogP contribution >= 0.6 is 0 Å². The van der Waals surface area contributed by atoms with Crippen LogP contribution in [0.15, 0.2) is 6.07 Å². The van der Waals surface area contributed by atoms with Gasteiger partial charge < -0.3 is 5.73 Å². The lowest BCUT2D eigenvalue weighted by molar-refractivity contribution is 0.570. The zero-order valence-corrected chi connectivity index (χ0v) is 9.31. The zero-order valence-electron chi connectivity index (χ0n) is 9.31. The Bertz CT molecular complexity index is 319. The average Bonchev–Trinajstić information content (AvgIpc) is 2.15. The molecule has 1 rings (SSSR count). The maximum atomic E-state index is 5.90. The lowest BCUT2D eigenvalue weighted by Gasteiger charge is -2.20. The van der Waals surface area contributed by atoms with Crippen LogP contribution in [0.25, 0.3) is 0 Å². The fraction of sp³-hybridized carbons (Fsp3) is 0.455. The summed E-state index contributed by atoms with van der Waals surface area (Å²) in [6.45, 7) is 8.34. The van der Waals surface area contributed by atoms with Gasteiger partial charge in [0.15, 0.2) is 0 Å². The Morgan fingerprint density at radius 3 is 1.86 bits per heavy atom. The zero-order chi connectivity index (χ0) is 10.9. The van der Waals surface area contributed by atoms with Gasteiger partial charge in [0.1, 0.15) is 0 Å². The molecule has 3 nitrogen and oxygen atoms in total. The molecule has 0 amide bonds. The minimum absolute atomic E-state index is 0.284. The number of hydrogen-bond acceptors (Lipinski definition) is 3. The summed E-state index contributed by atoms with van der Waals surface area (Å²) >= 11 is 0. The average molecular weight is 193 g/mol. The Hall–Kier alpha value is -0.900. The first-order chi connectivity index (χ1) is 6.49. The highest BCUT2D eigenvalue weighted by molar-refractivity contribution is 5.45. The highest BCUT2D eigenvalue weighted by atomic mass is 15.3. The van der Waals surface area contributed by atoms with Crippen LogP contribution in [-0.4, -0.2) is 0 Å². The van der Waals surface area contributed by atoms with E-state index in [9.17, 15) is 0 Å². The Balaban J connectivity index is 3.39. The van der Waals surface area contributed by atoms with Crippen LogP contribution in [-0.2, 0) is 0 Å². The van der Waals surface area contributed by atoms with Crippen LogP contribution < -0.4 is 17.0 Å². The van der Waals surface area contributed by atoms with Crippen LogP contribution in [0.5, 0.6) is 0 Å². The molecule has 0 fully saturated rings. The molecule has 14 heavy (non-hydrogen) atoms. The summed E-state index contributed by atoms with van der Waals surface area (Å²) in [6.07, 6.45) is -0.284. The second-order valence-corrected chi connectivity index (χ2v) is 3.82. The quantitative estimate of drug-likeness (QED) is 0.377. The molecule has 0 bridgehead atoms. The summed E-state index contributed by atoms with van der Waals surface area (Å²) < 4.78 is 0. The standard InChI is InChI=1S/C11H19N3/c1-6-5-7(2)9(4)10(8(6)3)11(12)14-13/h5,11,14H,12-13H2,1-4H3. The van der Waals surface area contributed by atoms with Gasteiger partial charge in [-0.3, -0.25) is 5.84 Å². The summed E-state index contributed by atoms with van der Waals surface area (Å²) in [5.74, 6) is 5.37. The van der Waals surface area contributed by atoms with Crippen molar-refractivity contribution in [3.05, 3.63) is 33.9 Å². The van der Waals surface area contributed by atoms with E-state index in [2.05, 4.69) is 39.2 Å². The predicted molar refractivity (Wildman–Crippen MR) is 59.6 cm³/mol. The molecule has 78 valence electrons. The molecule has 3 heteroatoms. The highest BCUT2D eigenvalue weighted by Crippen LogP contribution is 2.24. The van der Waals surface area contributed by atoms with E-state index in [1.807, 2.05) is 0 Å². The summed E-state index contributed by atoms with van der Waals surface area (Å²) in [5.41, 5.74) is 14.6. The molecule has 1 aromatic carbocycles. The lowest BCUT2D eigenvalue weighted by atomic mass is 9.93. The van der Waals surface area contributed by atoms with E-state index >= 15 is 0 Å². The predicted octanol–water partition coefficient (Wildman–Crippen LogP) is 1.34. The van der Waals surface area contributed by atoms with E-state index < -0.39 is 0 Å². The number of nitrogens with two attached hydrogens (primary N) is 2. The van der Waals surface area contributed by atoms with Crippen molar-refractivity contribution in [2.24, 2.45) is 11.6 Å². The molecule has 0 aromatic heterocycles. The van der Waals surface area contributed by atoms with E-state index in [0.717, 1.165) is 5.56 Å².